The van der Waals surface area contributed by atoms with Crippen molar-refractivity contribution in [2.45, 2.75) is 27.7 Å². The van der Waals surface area contributed by atoms with Gasteiger partial charge in [0.05, 0.1) is 68.3 Å². The first-order chi connectivity index (χ1) is 29.2. The van der Waals surface area contributed by atoms with Crippen LogP contribution < -0.4 is 0 Å². The number of hydrogen-bond acceptors (Lipinski definition) is 3. The molecule has 5 heteroatoms. The standard InChI is InChI=1S/C55H37N5/c1-33-13-17-43(35(3)21-33)40-15-19-51-47(28-40)45-9-5-7-11-49(45)59(51)53-26-39(32-58)27-54(55(53)42-24-37(30-56)23-38(25-42)31-57)60-50-12-8-6-10-46(50)48-29-41(16-20-52(48)60)44-18-14-34(2)22-36(44)4/h5-29H,1-4H3. The van der Waals surface area contributed by atoms with E-state index in [1.807, 2.05) is 36.4 Å². The third-order valence-electron chi connectivity index (χ3n) is 11.9. The second-order valence-corrected chi connectivity index (χ2v) is 15.8. The van der Waals surface area contributed by atoms with Crippen LogP contribution in [0.1, 0.15) is 38.9 Å². The molecule has 5 nitrogen and oxygen atoms in total. The molecule has 0 N–H and O–H groups in total. The first-order valence-electron chi connectivity index (χ1n) is 20.0. The summed E-state index contributed by atoms with van der Waals surface area (Å²) in [5, 5.41) is 35.7. The average molecular weight is 768 g/mol. The van der Waals surface area contributed by atoms with Crippen LogP contribution >= 0.6 is 0 Å². The molecule has 0 saturated carbocycles. The lowest BCUT2D eigenvalue weighted by Gasteiger charge is -2.21. The molecule has 0 amide bonds. The Labute approximate surface area is 348 Å². The molecular weight excluding hydrogens is 731 g/mol. The molecule has 8 aromatic carbocycles. The van der Waals surface area contributed by atoms with E-state index in [0.717, 1.165) is 71.7 Å². The van der Waals surface area contributed by atoms with E-state index in [0.29, 0.717) is 22.3 Å². The fourth-order valence-corrected chi connectivity index (χ4v) is 9.30. The Morgan fingerprint density at radius 3 is 1.22 bits per heavy atom. The Balaban J connectivity index is 1.34. The van der Waals surface area contributed by atoms with Crippen molar-refractivity contribution in [1.29, 1.82) is 15.8 Å². The topological polar surface area (TPSA) is 81.2 Å². The fourth-order valence-electron chi connectivity index (χ4n) is 9.30. The van der Waals surface area contributed by atoms with Gasteiger partial charge in [-0.25, -0.2) is 0 Å². The lowest BCUT2D eigenvalue weighted by Crippen LogP contribution is -2.05. The first-order valence-corrected chi connectivity index (χ1v) is 20.0. The van der Waals surface area contributed by atoms with Gasteiger partial charge in [0.25, 0.3) is 0 Å². The number of para-hydroxylation sites is 2. The van der Waals surface area contributed by atoms with Crippen LogP contribution in [-0.4, -0.2) is 9.13 Å². The minimum Gasteiger partial charge on any atom is -0.308 e. The van der Waals surface area contributed by atoms with E-state index in [9.17, 15) is 15.8 Å². The summed E-state index contributed by atoms with van der Waals surface area (Å²) in [6.07, 6.45) is 0. The van der Waals surface area contributed by atoms with E-state index in [4.69, 9.17) is 0 Å². The zero-order chi connectivity index (χ0) is 41.2. The van der Waals surface area contributed by atoms with Crippen LogP contribution in [0.4, 0.5) is 0 Å². The Morgan fingerprint density at radius 1 is 0.367 bits per heavy atom. The fraction of sp³-hybridized carbons (Fsp3) is 0.0727. The van der Waals surface area contributed by atoms with Crippen molar-refractivity contribution < 1.29 is 0 Å². The minimum atomic E-state index is 0.381. The van der Waals surface area contributed by atoms with Crippen molar-refractivity contribution in [3.8, 4) is 63.0 Å². The van der Waals surface area contributed by atoms with E-state index < -0.39 is 0 Å². The summed E-state index contributed by atoms with van der Waals surface area (Å²) in [7, 11) is 0. The molecule has 2 aromatic heterocycles. The highest BCUT2D eigenvalue weighted by Gasteiger charge is 2.24. The normalized spacial score (nSPS) is 11.3. The second kappa shape index (κ2) is 14.0. The summed E-state index contributed by atoms with van der Waals surface area (Å²) in [6, 6.07) is 59.4. The lowest BCUT2D eigenvalue weighted by molar-refractivity contribution is 1.13. The predicted molar refractivity (Wildman–Crippen MR) is 245 cm³/mol. The molecule has 2 heterocycles. The number of aromatic nitrogens is 2. The zero-order valence-electron chi connectivity index (χ0n) is 33.7. The second-order valence-electron chi connectivity index (χ2n) is 15.8. The largest absolute Gasteiger partial charge is 0.308 e. The van der Waals surface area contributed by atoms with Crippen molar-refractivity contribution >= 4 is 43.6 Å². The van der Waals surface area contributed by atoms with Gasteiger partial charge in [-0.05, 0) is 133 Å². The molecule has 60 heavy (non-hydrogen) atoms. The van der Waals surface area contributed by atoms with Gasteiger partial charge in [0.2, 0.25) is 0 Å². The van der Waals surface area contributed by atoms with E-state index in [-0.39, 0.29) is 0 Å². The van der Waals surface area contributed by atoms with E-state index in [1.165, 1.54) is 33.4 Å². The molecule has 0 aliphatic rings. The highest BCUT2D eigenvalue weighted by Crippen LogP contribution is 2.44. The van der Waals surface area contributed by atoms with Gasteiger partial charge in [-0.2, -0.15) is 15.8 Å². The summed E-state index contributed by atoms with van der Waals surface area (Å²) in [5.41, 5.74) is 17.7. The van der Waals surface area contributed by atoms with Gasteiger partial charge in [0, 0.05) is 27.1 Å². The SMILES string of the molecule is Cc1ccc(-c2ccc3c(c2)c2ccccc2n3-c2cc(C#N)cc(-n3c4ccccc4c4cc(-c5ccc(C)cc5C)ccc43)c2-c2cc(C#N)cc(C#N)c2)c(C)c1. The molecule has 282 valence electrons. The van der Waals surface area contributed by atoms with Crippen LogP contribution in [0.2, 0.25) is 0 Å². The maximum atomic E-state index is 10.8. The number of nitriles is 3. The molecule has 0 fully saturated rings. The van der Waals surface area contributed by atoms with E-state index in [1.54, 1.807) is 6.07 Å². The van der Waals surface area contributed by atoms with Crippen LogP contribution in [-0.2, 0) is 0 Å². The maximum Gasteiger partial charge on any atom is 0.0993 e. The number of benzene rings is 8. The molecule has 10 aromatic rings. The number of fused-ring (bicyclic) bond motifs is 6. The molecule has 0 aliphatic heterocycles. The predicted octanol–water partition coefficient (Wildman–Crippen LogP) is 13.7. The molecule has 0 saturated heterocycles. The van der Waals surface area contributed by atoms with Gasteiger partial charge in [-0.3, -0.25) is 0 Å². The summed E-state index contributed by atoms with van der Waals surface area (Å²) >= 11 is 0. The Morgan fingerprint density at radius 2 is 0.783 bits per heavy atom. The van der Waals surface area contributed by atoms with E-state index >= 15 is 0 Å². The van der Waals surface area contributed by atoms with E-state index in [2.05, 4.69) is 164 Å². The van der Waals surface area contributed by atoms with Gasteiger partial charge in [0.15, 0.2) is 0 Å². The van der Waals surface area contributed by atoms with Crippen LogP contribution in [0, 0.1) is 61.7 Å². The van der Waals surface area contributed by atoms with Crippen molar-refractivity contribution in [1.82, 2.24) is 9.13 Å². The Kier molecular flexibility index (Phi) is 8.47. The molecule has 0 spiro atoms. The smallest absolute Gasteiger partial charge is 0.0993 e. The Bertz CT molecular complexity index is 3350. The first kappa shape index (κ1) is 36.2. The summed E-state index contributed by atoms with van der Waals surface area (Å²) in [4.78, 5) is 0. The quantitative estimate of drug-likeness (QED) is 0.175. The van der Waals surface area contributed by atoms with Crippen LogP contribution in [0.15, 0.2) is 152 Å². The Hall–Kier alpha value is -8.17. The molecule has 10 rings (SSSR count). The molecule has 0 aliphatic carbocycles. The van der Waals surface area contributed by atoms with Gasteiger partial charge in [0.1, 0.15) is 0 Å². The highest BCUT2D eigenvalue weighted by molar-refractivity contribution is 6.13. The van der Waals surface area contributed by atoms with Gasteiger partial charge >= 0.3 is 0 Å². The zero-order valence-corrected chi connectivity index (χ0v) is 33.7. The molecule has 0 unspecified atom stereocenters. The molecule has 0 radical (unpaired) electrons. The van der Waals surface area contributed by atoms with Gasteiger partial charge < -0.3 is 9.13 Å². The number of nitrogens with zero attached hydrogens (tertiary/aromatic N) is 5. The summed E-state index contributed by atoms with van der Waals surface area (Å²) in [5.74, 6) is 0. The monoisotopic (exact) mass is 767 g/mol. The van der Waals surface area contributed by atoms with Crippen molar-refractivity contribution in [2.24, 2.45) is 0 Å². The summed E-state index contributed by atoms with van der Waals surface area (Å²) < 4.78 is 4.49. The average Bonchev–Trinajstić information content (AvgIpc) is 3.77. The number of aryl methyl sites for hydroxylation is 4. The molecular formula is C55H37N5. The van der Waals surface area contributed by atoms with Crippen LogP contribution in [0.5, 0.6) is 0 Å². The van der Waals surface area contributed by atoms with Gasteiger partial charge in [-0.15, -0.1) is 0 Å². The summed E-state index contributed by atoms with van der Waals surface area (Å²) in [6.45, 7) is 8.54. The van der Waals surface area contributed by atoms with Crippen LogP contribution in [0.25, 0.3) is 88.4 Å². The third-order valence-corrected chi connectivity index (χ3v) is 11.9. The van der Waals surface area contributed by atoms with Crippen molar-refractivity contribution in [2.75, 3.05) is 0 Å². The number of hydrogen-bond donors (Lipinski definition) is 0. The minimum absolute atomic E-state index is 0.381. The lowest BCUT2D eigenvalue weighted by atomic mass is 9.95. The molecule has 0 atom stereocenters. The highest BCUT2D eigenvalue weighted by atomic mass is 15.0. The number of rotatable bonds is 5. The third kappa shape index (κ3) is 5.74. The maximum absolute atomic E-state index is 10.8. The van der Waals surface area contributed by atoms with Crippen molar-refractivity contribution in [3.05, 3.63) is 191 Å². The van der Waals surface area contributed by atoms with Gasteiger partial charge in [-0.1, -0.05) is 96.1 Å². The molecule has 0 bridgehead atoms. The van der Waals surface area contributed by atoms with Crippen LogP contribution in [0.3, 0.4) is 0 Å². The van der Waals surface area contributed by atoms with Crippen molar-refractivity contribution in [3.63, 3.8) is 0 Å².